The highest BCUT2D eigenvalue weighted by Crippen LogP contribution is 2.42. The van der Waals surface area contributed by atoms with Crippen molar-refractivity contribution >= 4 is 23.4 Å². The molecule has 2 unspecified atom stereocenters. The van der Waals surface area contributed by atoms with Gasteiger partial charge >= 0.3 is 5.97 Å². The highest BCUT2D eigenvalue weighted by molar-refractivity contribution is 5.95. The zero-order valence-electron chi connectivity index (χ0n) is 18.7. The summed E-state index contributed by atoms with van der Waals surface area (Å²) < 4.78 is 10.9. The number of benzene rings is 1. The van der Waals surface area contributed by atoms with Crippen LogP contribution in [0.15, 0.2) is 30.5 Å². The molecule has 3 heterocycles. The lowest BCUT2D eigenvalue weighted by molar-refractivity contribution is -0.145. The molecule has 3 aliphatic rings. The molecule has 32 heavy (non-hydrogen) atoms. The summed E-state index contributed by atoms with van der Waals surface area (Å²) in [5.74, 6) is 1.21. The van der Waals surface area contributed by atoms with Crippen molar-refractivity contribution in [3.63, 3.8) is 0 Å². The van der Waals surface area contributed by atoms with Crippen molar-refractivity contribution in [3.8, 4) is 5.75 Å². The summed E-state index contributed by atoms with van der Waals surface area (Å²) in [5.41, 5.74) is 3.98. The summed E-state index contributed by atoms with van der Waals surface area (Å²) in [6.45, 7) is 4.90. The predicted octanol–water partition coefficient (Wildman–Crippen LogP) is 3.69. The van der Waals surface area contributed by atoms with E-state index in [1.54, 1.807) is 6.20 Å². The van der Waals surface area contributed by atoms with Crippen LogP contribution in [-0.4, -0.2) is 55.1 Å². The molecule has 7 nitrogen and oxygen atoms in total. The number of hydrogen-bond donors (Lipinski definition) is 0. The number of esters is 1. The Morgan fingerprint density at radius 2 is 1.94 bits per heavy atom. The summed E-state index contributed by atoms with van der Waals surface area (Å²) in [4.78, 5) is 33.7. The third-order valence-electron chi connectivity index (χ3n) is 7.03. The molecule has 0 spiro atoms. The number of aromatic nitrogens is 1. The standard InChI is InChI=1S/C25H29N3O4/c1-16-20-14-19(7-6-17(20)12-21(16)25(30)31-2)28-10-11-32-22-13-18(15-26-23(22)28)24(29)27-8-4-3-5-9-27/h6-7,13-16,21H,3-5,8-12H2,1-2H3. The topological polar surface area (TPSA) is 72.0 Å². The number of piperidine rings is 1. The molecule has 1 aromatic heterocycles. The van der Waals surface area contributed by atoms with Gasteiger partial charge in [0.05, 0.1) is 25.1 Å². The zero-order valence-corrected chi connectivity index (χ0v) is 18.7. The first-order chi connectivity index (χ1) is 15.6. The third kappa shape index (κ3) is 3.59. The average molecular weight is 436 g/mol. The maximum absolute atomic E-state index is 12.9. The van der Waals surface area contributed by atoms with Gasteiger partial charge in [0.1, 0.15) is 6.61 Å². The van der Waals surface area contributed by atoms with E-state index in [4.69, 9.17) is 9.47 Å². The molecule has 1 fully saturated rings. The smallest absolute Gasteiger partial charge is 0.309 e. The molecular formula is C25H29N3O4. The Labute approximate surface area is 188 Å². The van der Waals surface area contributed by atoms with E-state index in [1.165, 1.54) is 24.7 Å². The fraction of sp³-hybridized carbons (Fsp3) is 0.480. The van der Waals surface area contributed by atoms with E-state index in [9.17, 15) is 9.59 Å². The van der Waals surface area contributed by atoms with Gasteiger partial charge in [0, 0.05) is 25.0 Å². The van der Waals surface area contributed by atoms with Crippen LogP contribution in [0.3, 0.4) is 0 Å². The number of likely N-dealkylation sites (tertiary alicyclic amines) is 1. The lowest BCUT2D eigenvalue weighted by Crippen LogP contribution is -2.36. The van der Waals surface area contributed by atoms with Crippen molar-refractivity contribution in [2.75, 3.05) is 38.3 Å². The third-order valence-corrected chi connectivity index (χ3v) is 7.03. The second kappa shape index (κ2) is 8.45. The molecule has 2 atom stereocenters. The lowest BCUT2D eigenvalue weighted by Gasteiger charge is -2.31. The minimum absolute atomic E-state index is 0.0286. The monoisotopic (exact) mass is 435 g/mol. The first-order valence-corrected chi connectivity index (χ1v) is 11.5. The molecule has 2 aliphatic heterocycles. The molecule has 1 amide bonds. The van der Waals surface area contributed by atoms with Gasteiger partial charge < -0.3 is 19.3 Å². The quantitative estimate of drug-likeness (QED) is 0.685. The summed E-state index contributed by atoms with van der Waals surface area (Å²) in [5, 5.41) is 0. The molecular weight excluding hydrogens is 406 g/mol. The Balaban J connectivity index is 1.41. The molecule has 0 saturated carbocycles. The molecule has 7 heteroatoms. The van der Waals surface area contributed by atoms with E-state index in [-0.39, 0.29) is 23.7 Å². The number of ether oxygens (including phenoxy) is 2. The number of hydrogen-bond acceptors (Lipinski definition) is 6. The van der Waals surface area contributed by atoms with E-state index in [1.807, 2.05) is 11.0 Å². The zero-order chi connectivity index (χ0) is 22.2. The predicted molar refractivity (Wildman–Crippen MR) is 121 cm³/mol. The minimum atomic E-state index is -0.153. The van der Waals surface area contributed by atoms with Crippen LogP contribution in [0.4, 0.5) is 11.5 Å². The van der Waals surface area contributed by atoms with Crippen molar-refractivity contribution in [2.24, 2.45) is 5.92 Å². The largest absolute Gasteiger partial charge is 0.488 e. The Morgan fingerprint density at radius 1 is 1.12 bits per heavy atom. The number of carbonyl (C=O) groups is 2. The lowest BCUT2D eigenvalue weighted by atomic mass is 9.94. The van der Waals surface area contributed by atoms with Gasteiger partial charge in [0.25, 0.3) is 5.91 Å². The van der Waals surface area contributed by atoms with Crippen molar-refractivity contribution < 1.29 is 19.1 Å². The van der Waals surface area contributed by atoms with Crippen molar-refractivity contribution in [1.82, 2.24) is 9.88 Å². The molecule has 1 saturated heterocycles. The summed E-state index contributed by atoms with van der Waals surface area (Å²) >= 11 is 0. The number of amides is 1. The Bertz CT molecular complexity index is 1050. The van der Waals surface area contributed by atoms with Crippen LogP contribution < -0.4 is 9.64 Å². The second-order valence-electron chi connectivity index (χ2n) is 8.90. The maximum atomic E-state index is 12.9. The number of carbonyl (C=O) groups excluding carboxylic acids is 2. The summed E-state index contributed by atoms with van der Waals surface area (Å²) in [7, 11) is 1.45. The maximum Gasteiger partial charge on any atom is 0.309 e. The van der Waals surface area contributed by atoms with E-state index in [2.05, 4.69) is 35.0 Å². The summed E-state index contributed by atoms with van der Waals surface area (Å²) in [6.07, 6.45) is 5.68. The van der Waals surface area contributed by atoms with Gasteiger partial charge in [-0.15, -0.1) is 0 Å². The average Bonchev–Trinajstić information content (AvgIpc) is 3.18. The molecule has 0 radical (unpaired) electrons. The first-order valence-electron chi connectivity index (χ1n) is 11.5. The van der Waals surface area contributed by atoms with Crippen LogP contribution in [0, 0.1) is 5.92 Å². The number of rotatable bonds is 3. The van der Waals surface area contributed by atoms with Gasteiger partial charge in [0.15, 0.2) is 11.6 Å². The van der Waals surface area contributed by atoms with Gasteiger partial charge in [-0.3, -0.25) is 9.59 Å². The number of anilines is 2. The SMILES string of the molecule is COC(=O)C1Cc2ccc(N3CCOc4cc(C(=O)N5CCCCC5)cnc43)cc2C1C. The fourth-order valence-corrected chi connectivity index (χ4v) is 5.18. The molecule has 1 aromatic carbocycles. The Hall–Kier alpha value is -3.09. The van der Waals surface area contributed by atoms with Crippen molar-refractivity contribution in [1.29, 1.82) is 0 Å². The van der Waals surface area contributed by atoms with Crippen LogP contribution >= 0.6 is 0 Å². The molecule has 2 aromatic rings. The summed E-state index contributed by atoms with van der Waals surface area (Å²) in [6, 6.07) is 8.17. The van der Waals surface area contributed by atoms with E-state index in [0.29, 0.717) is 30.9 Å². The van der Waals surface area contributed by atoms with Gasteiger partial charge in [-0.2, -0.15) is 0 Å². The first kappa shape index (κ1) is 20.8. The van der Waals surface area contributed by atoms with Crippen LogP contribution in [0.25, 0.3) is 0 Å². The molecule has 5 rings (SSSR count). The van der Waals surface area contributed by atoms with Gasteiger partial charge in [-0.05, 0) is 60.9 Å². The van der Waals surface area contributed by atoms with E-state index >= 15 is 0 Å². The Morgan fingerprint density at radius 3 is 2.72 bits per heavy atom. The van der Waals surface area contributed by atoms with E-state index < -0.39 is 0 Å². The van der Waals surface area contributed by atoms with Gasteiger partial charge in [-0.1, -0.05) is 13.0 Å². The van der Waals surface area contributed by atoms with Gasteiger partial charge in [0.2, 0.25) is 0 Å². The van der Waals surface area contributed by atoms with Crippen LogP contribution in [0.1, 0.15) is 53.6 Å². The number of pyridine rings is 1. The number of methoxy groups -OCH3 is 1. The molecule has 0 bridgehead atoms. The Kier molecular flexibility index (Phi) is 5.49. The highest BCUT2D eigenvalue weighted by Gasteiger charge is 2.36. The van der Waals surface area contributed by atoms with Crippen LogP contribution in [0.2, 0.25) is 0 Å². The van der Waals surface area contributed by atoms with Crippen LogP contribution in [0.5, 0.6) is 5.75 Å². The second-order valence-corrected chi connectivity index (χ2v) is 8.90. The number of fused-ring (bicyclic) bond motifs is 2. The van der Waals surface area contributed by atoms with Crippen LogP contribution in [-0.2, 0) is 16.0 Å². The number of nitrogens with zero attached hydrogens (tertiary/aromatic N) is 3. The van der Waals surface area contributed by atoms with E-state index in [0.717, 1.165) is 37.4 Å². The fourth-order valence-electron chi connectivity index (χ4n) is 5.18. The molecule has 1 aliphatic carbocycles. The van der Waals surface area contributed by atoms with Crippen molar-refractivity contribution in [2.45, 2.75) is 38.5 Å². The minimum Gasteiger partial charge on any atom is -0.488 e. The molecule has 168 valence electrons. The molecule has 0 N–H and O–H groups in total. The normalized spacial score (nSPS) is 22.1. The highest BCUT2D eigenvalue weighted by atomic mass is 16.5. The van der Waals surface area contributed by atoms with Crippen molar-refractivity contribution in [3.05, 3.63) is 47.2 Å². The van der Waals surface area contributed by atoms with Gasteiger partial charge in [-0.25, -0.2) is 4.98 Å².